The summed E-state index contributed by atoms with van der Waals surface area (Å²) in [4.78, 5) is 11.9. The van der Waals surface area contributed by atoms with Crippen molar-refractivity contribution in [2.24, 2.45) is 0 Å². The molecule has 6 heteroatoms. The third-order valence-electron chi connectivity index (χ3n) is 1.61. The molecule has 14 heavy (non-hydrogen) atoms. The van der Waals surface area contributed by atoms with Crippen LogP contribution in [0.4, 0.5) is 0 Å². The molecule has 0 saturated heterocycles. The minimum atomic E-state index is 0.563. The lowest BCUT2D eigenvalue weighted by Crippen LogP contribution is -2.14. The summed E-state index contributed by atoms with van der Waals surface area (Å²) < 4.78 is 4.59. The summed E-state index contributed by atoms with van der Waals surface area (Å²) in [6.45, 7) is 1.20. The minimum absolute atomic E-state index is 0.563. The van der Waals surface area contributed by atoms with Crippen LogP contribution in [-0.4, -0.2) is 20.1 Å². The van der Waals surface area contributed by atoms with Gasteiger partial charge < -0.3 is 9.84 Å². The Morgan fingerprint density at radius 3 is 2.93 bits per heavy atom. The van der Waals surface area contributed by atoms with Gasteiger partial charge in [0.1, 0.15) is 0 Å². The molecule has 0 spiro atoms. The van der Waals surface area contributed by atoms with E-state index in [1.165, 1.54) is 6.39 Å². The average molecular weight is 191 g/mol. The zero-order valence-electron chi connectivity index (χ0n) is 7.42. The molecule has 0 aliphatic carbocycles. The number of nitrogens with zero attached hydrogens (tertiary/aromatic N) is 4. The lowest BCUT2D eigenvalue weighted by molar-refractivity contribution is 0.407. The molecule has 0 atom stereocenters. The number of hydrogen-bond acceptors (Lipinski definition) is 6. The summed E-state index contributed by atoms with van der Waals surface area (Å²) in [5.74, 6) is 0.633. The van der Waals surface area contributed by atoms with E-state index in [1.807, 2.05) is 0 Å². The first-order valence-electron chi connectivity index (χ1n) is 4.16. The fourth-order valence-corrected chi connectivity index (χ4v) is 0.994. The second-order valence-electron chi connectivity index (χ2n) is 2.65. The van der Waals surface area contributed by atoms with Crippen molar-refractivity contribution in [2.45, 2.75) is 13.1 Å². The molecule has 2 rings (SSSR count). The SMILES string of the molecule is c1cnc(CNCc2ncon2)cn1. The van der Waals surface area contributed by atoms with Crippen molar-refractivity contribution in [3.8, 4) is 0 Å². The van der Waals surface area contributed by atoms with Crippen LogP contribution in [0, 0.1) is 0 Å². The molecule has 0 saturated carbocycles. The zero-order chi connectivity index (χ0) is 9.64. The highest BCUT2D eigenvalue weighted by Gasteiger charge is 1.97. The van der Waals surface area contributed by atoms with Crippen molar-refractivity contribution < 1.29 is 4.52 Å². The van der Waals surface area contributed by atoms with Gasteiger partial charge in [0.25, 0.3) is 0 Å². The van der Waals surface area contributed by atoms with E-state index in [9.17, 15) is 0 Å². The molecule has 0 aliphatic heterocycles. The maximum Gasteiger partial charge on any atom is 0.213 e. The monoisotopic (exact) mass is 191 g/mol. The molecule has 0 fully saturated rings. The molecule has 0 unspecified atom stereocenters. The number of hydrogen-bond donors (Lipinski definition) is 1. The quantitative estimate of drug-likeness (QED) is 0.741. The Balaban J connectivity index is 1.79. The van der Waals surface area contributed by atoms with Crippen molar-refractivity contribution in [2.75, 3.05) is 0 Å². The van der Waals surface area contributed by atoms with Crippen LogP contribution < -0.4 is 5.32 Å². The van der Waals surface area contributed by atoms with Gasteiger partial charge >= 0.3 is 0 Å². The van der Waals surface area contributed by atoms with E-state index >= 15 is 0 Å². The summed E-state index contributed by atoms with van der Waals surface area (Å²) >= 11 is 0. The Morgan fingerprint density at radius 2 is 2.21 bits per heavy atom. The smallest absolute Gasteiger partial charge is 0.213 e. The first kappa shape index (κ1) is 8.76. The molecular weight excluding hydrogens is 182 g/mol. The van der Waals surface area contributed by atoms with Crippen LogP contribution in [0.2, 0.25) is 0 Å². The second-order valence-corrected chi connectivity index (χ2v) is 2.65. The highest BCUT2D eigenvalue weighted by atomic mass is 16.5. The Hall–Kier alpha value is -1.82. The highest BCUT2D eigenvalue weighted by molar-refractivity contribution is 4.94. The van der Waals surface area contributed by atoms with E-state index in [1.54, 1.807) is 18.6 Å². The Labute approximate surface area is 80.4 Å². The third-order valence-corrected chi connectivity index (χ3v) is 1.61. The topological polar surface area (TPSA) is 76.7 Å². The second kappa shape index (κ2) is 4.43. The average Bonchev–Trinajstić information content (AvgIpc) is 2.72. The molecule has 2 aromatic heterocycles. The summed E-state index contributed by atoms with van der Waals surface area (Å²) in [5, 5.41) is 6.78. The van der Waals surface area contributed by atoms with E-state index in [4.69, 9.17) is 0 Å². The van der Waals surface area contributed by atoms with Crippen LogP contribution in [0.25, 0.3) is 0 Å². The predicted molar refractivity (Wildman–Crippen MR) is 46.9 cm³/mol. The van der Waals surface area contributed by atoms with E-state index in [2.05, 4.69) is 29.9 Å². The molecule has 0 amide bonds. The van der Waals surface area contributed by atoms with E-state index in [0.29, 0.717) is 18.9 Å². The van der Waals surface area contributed by atoms with Gasteiger partial charge in [0, 0.05) is 25.1 Å². The van der Waals surface area contributed by atoms with Gasteiger partial charge in [-0.15, -0.1) is 0 Å². The lowest BCUT2D eigenvalue weighted by atomic mass is 10.4. The predicted octanol–water partition coefficient (Wildman–Crippen LogP) is 0.149. The number of rotatable bonds is 4. The summed E-state index contributed by atoms with van der Waals surface area (Å²) in [6.07, 6.45) is 6.32. The molecule has 2 heterocycles. The summed E-state index contributed by atoms with van der Waals surface area (Å²) in [7, 11) is 0. The van der Waals surface area contributed by atoms with E-state index < -0.39 is 0 Å². The van der Waals surface area contributed by atoms with Crippen LogP contribution >= 0.6 is 0 Å². The van der Waals surface area contributed by atoms with Gasteiger partial charge in [-0.25, -0.2) is 0 Å². The Kier molecular flexibility index (Phi) is 2.77. The molecule has 0 radical (unpaired) electrons. The summed E-state index contributed by atoms with van der Waals surface area (Å²) in [6, 6.07) is 0. The van der Waals surface area contributed by atoms with Crippen LogP contribution in [0.15, 0.2) is 29.5 Å². The van der Waals surface area contributed by atoms with Crippen molar-refractivity contribution in [1.82, 2.24) is 25.4 Å². The molecule has 2 aromatic rings. The van der Waals surface area contributed by atoms with Gasteiger partial charge in [-0.05, 0) is 0 Å². The maximum atomic E-state index is 4.59. The fraction of sp³-hybridized carbons (Fsp3) is 0.250. The van der Waals surface area contributed by atoms with Crippen molar-refractivity contribution in [1.29, 1.82) is 0 Å². The Morgan fingerprint density at radius 1 is 1.21 bits per heavy atom. The van der Waals surface area contributed by atoms with E-state index in [0.717, 1.165) is 5.69 Å². The summed E-state index contributed by atoms with van der Waals surface area (Å²) in [5.41, 5.74) is 0.885. The fourth-order valence-electron chi connectivity index (χ4n) is 0.994. The van der Waals surface area contributed by atoms with Gasteiger partial charge in [0.15, 0.2) is 5.82 Å². The zero-order valence-corrected chi connectivity index (χ0v) is 7.42. The molecule has 6 nitrogen and oxygen atoms in total. The first-order valence-corrected chi connectivity index (χ1v) is 4.16. The van der Waals surface area contributed by atoms with Crippen molar-refractivity contribution >= 4 is 0 Å². The van der Waals surface area contributed by atoms with Gasteiger partial charge in [-0.3, -0.25) is 9.97 Å². The molecule has 0 aromatic carbocycles. The van der Waals surface area contributed by atoms with Crippen LogP contribution in [0.3, 0.4) is 0 Å². The number of nitrogens with one attached hydrogen (secondary N) is 1. The first-order chi connectivity index (χ1) is 6.95. The molecule has 0 aliphatic rings. The highest BCUT2D eigenvalue weighted by Crippen LogP contribution is 1.91. The maximum absolute atomic E-state index is 4.59. The molecular formula is C8H9N5O. The van der Waals surface area contributed by atoms with Crippen molar-refractivity contribution in [3.05, 3.63) is 36.5 Å². The van der Waals surface area contributed by atoms with Crippen LogP contribution in [0.5, 0.6) is 0 Å². The largest absolute Gasteiger partial charge is 0.343 e. The van der Waals surface area contributed by atoms with Gasteiger partial charge in [0.2, 0.25) is 6.39 Å². The third kappa shape index (κ3) is 2.33. The minimum Gasteiger partial charge on any atom is -0.343 e. The van der Waals surface area contributed by atoms with Crippen LogP contribution in [-0.2, 0) is 13.1 Å². The van der Waals surface area contributed by atoms with Crippen molar-refractivity contribution in [3.63, 3.8) is 0 Å². The molecule has 72 valence electrons. The normalized spacial score (nSPS) is 10.3. The molecule has 0 bridgehead atoms. The van der Waals surface area contributed by atoms with E-state index in [-0.39, 0.29) is 0 Å². The molecule has 1 N–H and O–H groups in total. The lowest BCUT2D eigenvalue weighted by Gasteiger charge is -1.99. The van der Waals surface area contributed by atoms with Gasteiger partial charge in [-0.2, -0.15) is 4.98 Å². The van der Waals surface area contributed by atoms with Crippen LogP contribution in [0.1, 0.15) is 11.5 Å². The van der Waals surface area contributed by atoms with Gasteiger partial charge in [0.05, 0.1) is 12.2 Å². The standard InChI is InChI=1S/C8H9N5O/c1-2-11-7(3-9-1)4-10-5-8-12-6-14-13-8/h1-3,6,10H,4-5H2. The number of aromatic nitrogens is 4. The van der Waals surface area contributed by atoms with Gasteiger partial charge in [-0.1, -0.05) is 5.16 Å². The Bertz CT molecular complexity index is 360.